The van der Waals surface area contributed by atoms with Crippen LogP contribution in [0.1, 0.15) is 17.3 Å². The second-order valence-corrected chi connectivity index (χ2v) is 3.73. The lowest BCUT2D eigenvalue weighted by molar-refractivity contribution is -0.123. The molecule has 0 radical (unpaired) electrons. The van der Waals surface area contributed by atoms with E-state index in [0.717, 1.165) is 0 Å². The molecule has 2 N–H and O–H groups in total. The van der Waals surface area contributed by atoms with Crippen molar-refractivity contribution in [1.82, 2.24) is 5.32 Å². The van der Waals surface area contributed by atoms with Gasteiger partial charge in [-0.1, -0.05) is 0 Å². The number of aromatic hydroxyl groups is 1. The van der Waals surface area contributed by atoms with Gasteiger partial charge in [-0.3, -0.25) is 10.1 Å². The zero-order valence-electron chi connectivity index (χ0n) is 11.5. The topological polar surface area (TPSA) is 111 Å². The molecule has 0 spiro atoms. The van der Waals surface area contributed by atoms with Gasteiger partial charge >= 0.3 is 12.1 Å². The van der Waals surface area contributed by atoms with Crippen LogP contribution < -0.4 is 10.1 Å². The van der Waals surface area contributed by atoms with Crippen LogP contribution in [0.15, 0.2) is 18.2 Å². The van der Waals surface area contributed by atoms with Crippen LogP contribution >= 0.6 is 0 Å². The zero-order valence-corrected chi connectivity index (χ0v) is 11.5. The van der Waals surface area contributed by atoms with E-state index in [9.17, 15) is 19.5 Å². The fourth-order valence-electron chi connectivity index (χ4n) is 1.34. The van der Waals surface area contributed by atoms with Gasteiger partial charge in [-0.25, -0.2) is 9.59 Å². The second kappa shape index (κ2) is 7.73. The number of rotatable bonds is 5. The molecule has 1 aromatic rings. The number of hydrogen-bond acceptors (Lipinski definition) is 7. The molecule has 1 aromatic carbocycles. The highest BCUT2D eigenvalue weighted by molar-refractivity contribution is 5.96. The smallest absolute Gasteiger partial charge is 0.413 e. The van der Waals surface area contributed by atoms with Crippen molar-refractivity contribution in [3.05, 3.63) is 23.8 Å². The summed E-state index contributed by atoms with van der Waals surface area (Å²) in [5.41, 5.74) is -0.125. The Morgan fingerprint density at radius 1 is 1.24 bits per heavy atom. The minimum atomic E-state index is -0.925. The minimum Gasteiger partial charge on any atom is -0.507 e. The van der Waals surface area contributed by atoms with Crippen LogP contribution in [-0.4, -0.2) is 43.4 Å². The lowest BCUT2D eigenvalue weighted by Gasteiger charge is -2.08. The van der Waals surface area contributed by atoms with Crippen LogP contribution in [0, 0.1) is 0 Å². The molecule has 0 aliphatic rings. The van der Waals surface area contributed by atoms with E-state index in [1.807, 2.05) is 5.32 Å². The number of hydrogen-bond donors (Lipinski definition) is 2. The summed E-state index contributed by atoms with van der Waals surface area (Å²) in [6.45, 7) is 1.01. The fraction of sp³-hybridized carbons (Fsp3) is 0.308. The number of imide groups is 1. The van der Waals surface area contributed by atoms with Gasteiger partial charge < -0.3 is 19.3 Å². The molecule has 0 aliphatic heterocycles. The summed E-state index contributed by atoms with van der Waals surface area (Å²) >= 11 is 0. The average Bonchev–Trinajstić information content (AvgIpc) is 2.44. The number of phenols is 1. The van der Waals surface area contributed by atoms with Gasteiger partial charge in [-0.2, -0.15) is 0 Å². The molecule has 2 amide bonds. The van der Waals surface area contributed by atoms with Gasteiger partial charge in [0.1, 0.15) is 17.1 Å². The van der Waals surface area contributed by atoms with Gasteiger partial charge in [0.15, 0.2) is 6.61 Å². The molecule has 0 bridgehead atoms. The summed E-state index contributed by atoms with van der Waals surface area (Å²) in [5, 5.41) is 11.5. The Morgan fingerprint density at radius 2 is 1.95 bits per heavy atom. The molecular weight excluding hydrogens is 282 g/mol. The minimum absolute atomic E-state index is 0.110. The van der Waals surface area contributed by atoms with E-state index in [0.29, 0.717) is 5.75 Å². The third-order valence-corrected chi connectivity index (χ3v) is 2.28. The number of carbonyl (C=O) groups is 3. The van der Waals surface area contributed by atoms with Crippen molar-refractivity contribution in [3.63, 3.8) is 0 Å². The molecule has 0 unspecified atom stereocenters. The molecule has 0 atom stereocenters. The maximum atomic E-state index is 11.7. The first-order valence-corrected chi connectivity index (χ1v) is 5.98. The largest absolute Gasteiger partial charge is 0.507 e. The van der Waals surface area contributed by atoms with Crippen molar-refractivity contribution in [3.8, 4) is 11.5 Å². The summed E-state index contributed by atoms with van der Waals surface area (Å²) < 4.78 is 14.0. The van der Waals surface area contributed by atoms with Crippen LogP contribution in [0.25, 0.3) is 0 Å². The lowest BCUT2D eigenvalue weighted by atomic mass is 10.2. The van der Waals surface area contributed by atoms with E-state index < -0.39 is 24.6 Å². The molecular formula is C13H15NO7. The Kier molecular flexibility index (Phi) is 5.99. The van der Waals surface area contributed by atoms with Crippen molar-refractivity contribution in [2.45, 2.75) is 6.92 Å². The van der Waals surface area contributed by atoms with Crippen LogP contribution in [-0.2, 0) is 14.3 Å². The number of carbonyl (C=O) groups excluding carboxylic acids is 3. The Hall–Kier alpha value is -2.77. The summed E-state index contributed by atoms with van der Waals surface area (Å²) in [5.74, 6) is -1.72. The predicted molar refractivity (Wildman–Crippen MR) is 70.1 cm³/mol. The van der Waals surface area contributed by atoms with Gasteiger partial charge in [0.25, 0.3) is 5.91 Å². The van der Waals surface area contributed by atoms with Crippen molar-refractivity contribution in [2.24, 2.45) is 0 Å². The van der Waals surface area contributed by atoms with Crippen LogP contribution in [0.5, 0.6) is 11.5 Å². The number of benzene rings is 1. The SMILES string of the molecule is CCOC(=O)NC(=O)COC(=O)c1ccc(OC)cc1O. The summed E-state index contributed by atoms with van der Waals surface area (Å²) in [6.07, 6.45) is -0.925. The van der Waals surface area contributed by atoms with Crippen molar-refractivity contribution in [2.75, 3.05) is 20.3 Å². The maximum Gasteiger partial charge on any atom is 0.413 e. The van der Waals surface area contributed by atoms with E-state index in [-0.39, 0.29) is 17.9 Å². The van der Waals surface area contributed by atoms with E-state index in [4.69, 9.17) is 4.74 Å². The summed E-state index contributed by atoms with van der Waals surface area (Å²) in [4.78, 5) is 33.9. The zero-order chi connectivity index (χ0) is 15.8. The third-order valence-electron chi connectivity index (χ3n) is 2.28. The molecule has 0 fully saturated rings. The van der Waals surface area contributed by atoms with Gasteiger partial charge in [-0.15, -0.1) is 0 Å². The molecule has 114 valence electrons. The summed E-state index contributed by atoms with van der Waals surface area (Å²) in [7, 11) is 1.41. The molecule has 8 heteroatoms. The standard InChI is InChI=1S/C13H15NO7/c1-3-20-13(18)14-11(16)7-21-12(17)9-5-4-8(19-2)6-10(9)15/h4-6,15H,3,7H2,1-2H3,(H,14,16,18). The monoisotopic (exact) mass is 297 g/mol. The van der Waals surface area contributed by atoms with E-state index in [2.05, 4.69) is 9.47 Å². The van der Waals surface area contributed by atoms with E-state index in [1.165, 1.54) is 25.3 Å². The van der Waals surface area contributed by atoms with Crippen molar-refractivity contribution in [1.29, 1.82) is 0 Å². The molecule has 0 saturated carbocycles. The third kappa shape index (κ3) is 5.01. The van der Waals surface area contributed by atoms with Crippen molar-refractivity contribution < 1.29 is 33.7 Å². The second-order valence-electron chi connectivity index (χ2n) is 3.73. The number of methoxy groups -OCH3 is 1. The van der Waals surface area contributed by atoms with E-state index in [1.54, 1.807) is 6.92 Å². The first-order chi connectivity index (χ1) is 9.97. The average molecular weight is 297 g/mol. The number of esters is 1. The van der Waals surface area contributed by atoms with Crippen LogP contribution in [0.4, 0.5) is 4.79 Å². The predicted octanol–water partition coefficient (Wildman–Crippen LogP) is 0.830. The van der Waals surface area contributed by atoms with Gasteiger partial charge in [-0.05, 0) is 19.1 Å². The number of nitrogens with one attached hydrogen (secondary N) is 1. The number of amides is 2. The molecule has 0 aliphatic carbocycles. The van der Waals surface area contributed by atoms with Crippen molar-refractivity contribution >= 4 is 18.0 Å². The van der Waals surface area contributed by atoms with Crippen LogP contribution in [0.2, 0.25) is 0 Å². The number of phenolic OH excluding ortho intramolecular Hbond substituents is 1. The van der Waals surface area contributed by atoms with Crippen LogP contribution in [0.3, 0.4) is 0 Å². The Labute approximate surface area is 120 Å². The molecule has 0 aromatic heterocycles. The molecule has 21 heavy (non-hydrogen) atoms. The first-order valence-electron chi connectivity index (χ1n) is 5.98. The first kappa shape index (κ1) is 16.3. The molecule has 1 rings (SSSR count). The highest BCUT2D eigenvalue weighted by Gasteiger charge is 2.16. The Morgan fingerprint density at radius 3 is 2.52 bits per heavy atom. The molecule has 0 heterocycles. The molecule has 8 nitrogen and oxygen atoms in total. The lowest BCUT2D eigenvalue weighted by Crippen LogP contribution is -2.34. The van der Waals surface area contributed by atoms with E-state index >= 15 is 0 Å². The fourth-order valence-corrected chi connectivity index (χ4v) is 1.34. The number of ether oxygens (including phenoxy) is 3. The van der Waals surface area contributed by atoms with Gasteiger partial charge in [0, 0.05) is 6.07 Å². The normalized spacial score (nSPS) is 9.62. The Bertz CT molecular complexity index is 541. The highest BCUT2D eigenvalue weighted by atomic mass is 16.6. The van der Waals surface area contributed by atoms with Gasteiger partial charge in [0.2, 0.25) is 0 Å². The summed E-state index contributed by atoms with van der Waals surface area (Å²) in [6, 6.07) is 3.98. The number of alkyl carbamates (subject to hydrolysis) is 1. The molecule has 0 saturated heterocycles. The Balaban J connectivity index is 2.54. The van der Waals surface area contributed by atoms with Gasteiger partial charge in [0.05, 0.1) is 13.7 Å². The highest BCUT2D eigenvalue weighted by Crippen LogP contribution is 2.23. The maximum absolute atomic E-state index is 11.7. The quantitative estimate of drug-likeness (QED) is 0.774.